The molecule has 2 aliphatic rings. The van der Waals surface area contributed by atoms with E-state index in [1.54, 1.807) is 0 Å². The van der Waals surface area contributed by atoms with Gasteiger partial charge in [0.1, 0.15) is 0 Å². The third kappa shape index (κ3) is 2.96. The summed E-state index contributed by atoms with van der Waals surface area (Å²) in [5, 5.41) is 4.46. The predicted octanol–water partition coefficient (Wildman–Crippen LogP) is 3.45. The Hall–Kier alpha value is -0.570. The van der Waals surface area contributed by atoms with E-state index in [1.807, 2.05) is 6.07 Å². The molecule has 0 aromatic heterocycles. The number of nitrogens with zero attached hydrogens (tertiary/aromatic N) is 1. The third-order valence-corrected chi connectivity index (χ3v) is 4.97. The first-order valence-electron chi connectivity index (χ1n) is 7.49. The van der Waals surface area contributed by atoms with E-state index in [9.17, 15) is 0 Å². The first-order valence-corrected chi connectivity index (χ1v) is 7.87. The first-order chi connectivity index (χ1) is 9.28. The molecule has 0 unspecified atom stereocenters. The van der Waals surface area contributed by atoms with Crippen molar-refractivity contribution in [1.82, 2.24) is 10.2 Å². The minimum Gasteiger partial charge on any atom is -0.314 e. The van der Waals surface area contributed by atoms with Crippen LogP contribution >= 0.6 is 11.6 Å². The topological polar surface area (TPSA) is 15.3 Å². The van der Waals surface area contributed by atoms with Crippen molar-refractivity contribution in [3.63, 3.8) is 0 Å². The van der Waals surface area contributed by atoms with Crippen molar-refractivity contribution >= 4 is 11.6 Å². The summed E-state index contributed by atoms with van der Waals surface area (Å²) in [6.07, 6.45) is 6.87. The van der Waals surface area contributed by atoms with Crippen LogP contribution in [0, 0.1) is 0 Å². The Labute approximate surface area is 121 Å². The van der Waals surface area contributed by atoms with E-state index in [0.717, 1.165) is 31.2 Å². The zero-order valence-electron chi connectivity index (χ0n) is 11.5. The zero-order valence-corrected chi connectivity index (χ0v) is 12.3. The van der Waals surface area contributed by atoms with Crippen molar-refractivity contribution in [2.45, 2.75) is 44.2 Å². The van der Waals surface area contributed by atoms with Crippen LogP contribution in [0.1, 0.15) is 37.7 Å². The minimum absolute atomic E-state index is 0.402. The molecule has 2 nitrogen and oxygen atoms in total. The van der Waals surface area contributed by atoms with Gasteiger partial charge in [0.05, 0.1) is 0 Å². The second kappa shape index (κ2) is 5.82. The molecule has 1 aliphatic heterocycles. The fourth-order valence-corrected chi connectivity index (χ4v) is 3.90. The van der Waals surface area contributed by atoms with Crippen LogP contribution in [0.25, 0.3) is 0 Å². The number of hydrogen-bond acceptors (Lipinski definition) is 2. The van der Waals surface area contributed by atoms with Crippen LogP contribution in [0.3, 0.4) is 0 Å². The van der Waals surface area contributed by atoms with Gasteiger partial charge in [-0.1, -0.05) is 43.0 Å². The highest BCUT2D eigenvalue weighted by Gasteiger charge is 2.39. The SMILES string of the molecule is Clc1cccc(CN2CCNCC23CCCCC3)c1. The van der Waals surface area contributed by atoms with Gasteiger partial charge in [0.15, 0.2) is 0 Å². The normalized spacial score (nSPS) is 23.6. The summed E-state index contributed by atoms with van der Waals surface area (Å²) in [7, 11) is 0. The molecule has 104 valence electrons. The van der Waals surface area contributed by atoms with Gasteiger partial charge in [-0.2, -0.15) is 0 Å². The first kappa shape index (κ1) is 13.4. The molecule has 19 heavy (non-hydrogen) atoms. The Morgan fingerprint density at radius 1 is 1.21 bits per heavy atom. The van der Waals surface area contributed by atoms with Gasteiger partial charge >= 0.3 is 0 Å². The molecule has 1 N–H and O–H groups in total. The molecule has 1 aromatic carbocycles. The molecule has 1 heterocycles. The molecule has 1 aromatic rings. The Bertz CT molecular complexity index is 418. The lowest BCUT2D eigenvalue weighted by Crippen LogP contribution is -2.61. The maximum atomic E-state index is 6.11. The maximum Gasteiger partial charge on any atom is 0.0409 e. The summed E-state index contributed by atoms with van der Waals surface area (Å²) in [4.78, 5) is 2.70. The number of rotatable bonds is 2. The maximum absolute atomic E-state index is 6.11. The fourth-order valence-electron chi connectivity index (χ4n) is 3.69. The minimum atomic E-state index is 0.402. The van der Waals surface area contributed by atoms with Crippen molar-refractivity contribution in [2.24, 2.45) is 0 Å². The van der Waals surface area contributed by atoms with Crippen LogP contribution in [-0.4, -0.2) is 30.1 Å². The summed E-state index contributed by atoms with van der Waals surface area (Å²) >= 11 is 6.11. The van der Waals surface area contributed by atoms with Crippen LogP contribution in [0.2, 0.25) is 5.02 Å². The molecule has 1 spiro atoms. The van der Waals surface area contributed by atoms with Gasteiger partial charge in [-0.3, -0.25) is 4.90 Å². The van der Waals surface area contributed by atoms with E-state index in [-0.39, 0.29) is 0 Å². The van der Waals surface area contributed by atoms with Crippen LogP contribution < -0.4 is 5.32 Å². The number of benzene rings is 1. The lowest BCUT2D eigenvalue weighted by atomic mass is 9.79. The van der Waals surface area contributed by atoms with Gasteiger partial charge in [0, 0.05) is 36.7 Å². The van der Waals surface area contributed by atoms with E-state index in [1.165, 1.54) is 37.7 Å². The van der Waals surface area contributed by atoms with Gasteiger partial charge in [0.2, 0.25) is 0 Å². The van der Waals surface area contributed by atoms with Gasteiger partial charge in [-0.05, 0) is 30.5 Å². The van der Waals surface area contributed by atoms with E-state index < -0.39 is 0 Å². The zero-order chi connectivity index (χ0) is 13.1. The summed E-state index contributed by atoms with van der Waals surface area (Å²) in [6, 6.07) is 8.33. The van der Waals surface area contributed by atoms with E-state index in [0.29, 0.717) is 5.54 Å². The highest BCUT2D eigenvalue weighted by atomic mass is 35.5. The molecule has 0 radical (unpaired) electrons. The third-order valence-electron chi connectivity index (χ3n) is 4.73. The number of piperazine rings is 1. The lowest BCUT2D eigenvalue weighted by Gasteiger charge is -2.50. The smallest absolute Gasteiger partial charge is 0.0409 e. The summed E-state index contributed by atoms with van der Waals surface area (Å²) in [5.41, 5.74) is 1.75. The van der Waals surface area contributed by atoms with Crippen molar-refractivity contribution < 1.29 is 0 Å². The van der Waals surface area contributed by atoms with Gasteiger partial charge in [-0.25, -0.2) is 0 Å². The molecule has 3 rings (SSSR count). The molecule has 1 saturated heterocycles. The molecule has 0 atom stereocenters. The Balaban J connectivity index is 1.77. The Morgan fingerprint density at radius 2 is 2.05 bits per heavy atom. The van der Waals surface area contributed by atoms with Crippen molar-refractivity contribution in [1.29, 1.82) is 0 Å². The molecule has 2 fully saturated rings. The monoisotopic (exact) mass is 278 g/mol. The van der Waals surface area contributed by atoms with Gasteiger partial charge in [-0.15, -0.1) is 0 Å². The molecule has 1 saturated carbocycles. The van der Waals surface area contributed by atoms with E-state index in [2.05, 4.69) is 28.4 Å². The van der Waals surface area contributed by atoms with Crippen LogP contribution in [0.15, 0.2) is 24.3 Å². The number of hydrogen-bond donors (Lipinski definition) is 1. The van der Waals surface area contributed by atoms with Crippen molar-refractivity contribution in [2.75, 3.05) is 19.6 Å². The lowest BCUT2D eigenvalue weighted by molar-refractivity contribution is 0.0209. The van der Waals surface area contributed by atoms with Crippen LogP contribution in [-0.2, 0) is 6.54 Å². The second-order valence-electron chi connectivity index (χ2n) is 6.01. The number of nitrogens with one attached hydrogen (secondary N) is 1. The summed E-state index contributed by atoms with van der Waals surface area (Å²) < 4.78 is 0. The fraction of sp³-hybridized carbons (Fsp3) is 0.625. The summed E-state index contributed by atoms with van der Waals surface area (Å²) in [6.45, 7) is 4.48. The number of halogens is 1. The molecule has 0 bridgehead atoms. The largest absolute Gasteiger partial charge is 0.314 e. The molecule has 3 heteroatoms. The molecule has 1 aliphatic carbocycles. The highest BCUT2D eigenvalue weighted by molar-refractivity contribution is 6.30. The second-order valence-corrected chi connectivity index (χ2v) is 6.45. The van der Waals surface area contributed by atoms with Crippen LogP contribution in [0.4, 0.5) is 0 Å². The summed E-state index contributed by atoms with van der Waals surface area (Å²) in [5.74, 6) is 0. The quantitative estimate of drug-likeness (QED) is 0.891. The van der Waals surface area contributed by atoms with E-state index in [4.69, 9.17) is 11.6 Å². The van der Waals surface area contributed by atoms with Crippen molar-refractivity contribution in [3.05, 3.63) is 34.9 Å². The van der Waals surface area contributed by atoms with Gasteiger partial charge in [0.25, 0.3) is 0 Å². The van der Waals surface area contributed by atoms with Crippen molar-refractivity contribution in [3.8, 4) is 0 Å². The average molecular weight is 279 g/mol. The Kier molecular flexibility index (Phi) is 4.11. The van der Waals surface area contributed by atoms with Crippen LogP contribution in [0.5, 0.6) is 0 Å². The standard InChI is InChI=1S/C16H23ClN2/c17-15-6-4-5-14(11-15)12-19-10-9-18-13-16(19)7-2-1-3-8-16/h4-6,11,18H,1-3,7-10,12-13H2. The van der Waals surface area contributed by atoms with Gasteiger partial charge < -0.3 is 5.32 Å². The predicted molar refractivity (Wildman–Crippen MR) is 80.5 cm³/mol. The molecular formula is C16H23ClN2. The molecular weight excluding hydrogens is 256 g/mol. The Morgan fingerprint density at radius 3 is 2.84 bits per heavy atom. The highest BCUT2D eigenvalue weighted by Crippen LogP contribution is 2.35. The van der Waals surface area contributed by atoms with E-state index >= 15 is 0 Å². The molecule has 0 amide bonds. The average Bonchev–Trinajstić information content (AvgIpc) is 2.43.